The average Bonchev–Trinajstić information content (AvgIpc) is 2.75. The van der Waals surface area contributed by atoms with E-state index >= 15 is 0 Å². The first-order chi connectivity index (χ1) is 14.0. The van der Waals surface area contributed by atoms with E-state index in [-0.39, 0.29) is 17.4 Å². The Balaban J connectivity index is 0.00000145. The van der Waals surface area contributed by atoms with Crippen molar-refractivity contribution >= 4 is 19.6 Å². The molecule has 0 fully saturated rings. The summed E-state index contributed by atoms with van der Waals surface area (Å²) in [6.07, 6.45) is 2.80. The Bertz CT molecular complexity index is 991. The third-order valence-electron chi connectivity index (χ3n) is 3.92. The van der Waals surface area contributed by atoms with Crippen molar-refractivity contribution in [3.05, 3.63) is 76.3 Å². The lowest BCUT2D eigenvalue weighted by Crippen LogP contribution is -2.32. The maximum atomic E-state index is 12.4. The molecule has 9 heteroatoms. The number of nitrogens with zero attached hydrogens (tertiary/aromatic N) is 2. The van der Waals surface area contributed by atoms with Gasteiger partial charge in [-0.15, -0.1) is 0 Å². The molecule has 2 aromatic heterocycles. The van der Waals surface area contributed by atoms with Crippen molar-refractivity contribution in [3.8, 4) is 11.5 Å². The van der Waals surface area contributed by atoms with E-state index in [2.05, 4.69) is 20.3 Å². The maximum absolute atomic E-state index is 12.4. The molecule has 4 N–H and O–H groups in total. The van der Waals surface area contributed by atoms with Crippen molar-refractivity contribution in [2.24, 2.45) is 0 Å². The summed E-state index contributed by atoms with van der Waals surface area (Å²) in [6, 6.07) is 11.4. The van der Waals surface area contributed by atoms with Crippen LogP contribution in [-0.2, 0) is 0 Å². The van der Waals surface area contributed by atoms with Crippen LogP contribution >= 0.6 is 8.38 Å². The van der Waals surface area contributed by atoms with Crippen LogP contribution in [0, 0.1) is 0 Å². The van der Waals surface area contributed by atoms with Gasteiger partial charge in [-0.1, -0.05) is 32.0 Å². The van der Waals surface area contributed by atoms with Crippen LogP contribution < -0.4 is 16.2 Å². The quantitative estimate of drug-likeness (QED) is 0.474. The van der Waals surface area contributed by atoms with E-state index in [1.54, 1.807) is 55.6 Å². The first-order valence-corrected chi connectivity index (χ1v) is 10.3. The number of nitrogens with one attached hydrogen (secondary N) is 2. The number of aromatic amines is 1. The van der Waals surface area contributed by atoms with Crippen LogP contribution in [-0.4, -0.2) is 30.6 Å². The van der Waals surface area contributed by atoms with Crippen molar-refractivity contribution in [3.63, 3.8) is 0 Å². The van der Waals surface area contributed by atoms with Gasteiger partial charge in [0.15, 0.2) is 14.2 Å². The maximum Gasteiger partial charge on any atom is 0.264 e. The standard InChI is InChI=1S/C18H17N4O4P.C2H6/c1-11(12-5-7-13(8-6-12)27(25)26)21-17(23)14-10-20-16(22-18(14)24)15-4-2-3-9-19-15;1-2/h2-11,25-26H,1H3,(H,21,23)(H,20,22,24);1-2H3. The minimum Gasteiger partial charge on any atom is -0.347 e. The molecule has 0 aliphatic carbocycles. The van der Waals surface area contributed by atoms with E-state index in [4.69, 9.17) is 0 Å². The number of hydrogen-bond donors (Lipinski definition) is 4. The van der Waals surface area contributed by atoms with Crippen LogP contribution in [0.25, 0.3) is 11.5 Å². The summed E-state index contributed by atoms with van der Waals surface area (Å²) >= 11 is 0. The molecule has 0 saturated carbocycles. The Morgan fingerprint density at radius 3 is 2.34 bits per heavy atom. The second kappa shape index (κ2) is 10.6. The Morgan fingerprint density at radius 1 is 1.10 bits per heavy atom. The lowest BCUT2D eigenvalue weighted by atomic mass is 10.1. The van der Waals surface area contributed by atoms with Gasteiger partial charge in [0.2, 0.25) is 0 Å². The van der Waals surface area contributed by atoms with Gasteiger partial charge in [-0.2, -0.15) is 0 Å². The molecule has 0 radical (unpaired) electrons. The van der Waals surface area contributed by atoms with E-state index in [1.165, 1.54) is 6.20 Å². The van der Waals surface area contributed by atoms with Crippen molar-refractivity contribution in [1.82, 2.24) is 20.3 Å². The van der Waals surface area contributed by atoms with Gasteiger partial charge in [-0.25, -0.2) is 4.98 Å². The number of rotatable bonds is 5. The molecule has 0 spiro atoms. The lowest BCUT2D eigenvalue weighted by Gasteiger charge is -2.15. The highest BCUT2D eigenvalue weighted by Gasteiger charge is 2.16. The van der Waals surface area contributed by atoms with Crippen LogP contribution in [0.2, 0.25) is 0 Å². The van der Waals surface area contributed by atoms with Crippen molar-refractivity contribution < 1.29 is 14.6 Å². The first kappa shape index (κ1) is 22.4. The van der Waals surface area contributed by atoms with Gasteiger partial charge in [0.05, 0.1) is 6.04 Å². The van der Waals surface area contributed by atoms with Gasteiger partial charge in [0, 0.05) is 17.7 Å². The third-order valence-corrected chi connectivity index (χ3v) is 4.68. The summed E-state index contributed by atoms with van der Waals surface area (Å²) in [5, 5.41) is 3.14. The van der Waals surface area contributed by atoms with Crippen LogP contribution in [0.1, 0.15) is 42.7 Å². The Labute approximate surface area is 169 Å². The monoisotopic (exact) mass is 414 g/mol. The molecule has 1 amide bonds. The predicted octanol–water partition coefficient (Wildman–Crippen LogP) is 2.27. The third kappa shape index (κ3) is 5.77. The summed E-state index contributed by atoms with van der Waals surface area (Å²) < 4.78 is 0. The molecular weight excluding hydrogens is 391 g/mol. The van der Waals surface area contributed by atoms with Gasteiger partial charge >= 0.3 is 0 Å². The van der Waals surface area contributed by atoms with Gasteiger partial charge in [0.25, 0.3) is 11.5 Å². The normalized spacial score (nSPS) is 11.4. The molecule has 8 nitrogen and oxygen atoms in total. The van der Waals surface area contributed by atoms with E-state index in [0.717, 1.165) is 5.56 Å². The Kier molecular flexibility index (Phi) is 8.15. The second-order valence-electron chi connectivity index (χ2n) is 5.77. The average molecular weight is 414 g/mol. The predicted molar refractivity (Wildman–Crippen MR) is 113 cm³/mol. The minimum absolute atomic E-state index is 0.104. The van der Waals surface area contributed by atoms with Crippen molar-refractivity contribution in [2.45, 2.75) is 26.8 Å². The number of H-pyrrole nitrogens is 1. The van der Waals surface area contributed by atoms with Crippen LogP contribution in [0.5, 0.6) is 0 Å². The topological polar surface area (TPSA) is 128 Å². The second-order valence-corrected chi connectivity index (χ2v) is 6.86. The summed E-state index contributed by atoms with van der Waals surface area (Å²) in [7, 11) is -2.15. The number of pyridine rings is 1. The molecule has 2 heterocycles. The lowest BCUT2D eigenvalue weighted by molar-refractivity contribution is 0.0938. The number of aromatic nitrogens is 3. The van der Waals surface area contributed by atoms with E-state index < -0.39 is 19.8 Å². The summed E-state index contributed by atoms with van der Waals surface area (Å²) in [5.41, 5.74) is 0.602. The van der Waals surface area contributed by atoms with Crippen molar-refractivity contribution in [2.75, 3.05) is 0 Å². The SMILES string of the molecule is CC.CC(NC(=O)c1cnc(-c2ccccn2)[nH]c1=O)c1ccc(P(O)O)cc1. The molecule has 0 bridgehead atoms. The number of carbonyl (C=O) groups excluding carboxylic acids is 1. The molecule has 1 atom stereocenters. The van der Waals surface area contributed by atoms with E-state index in [9.17, 15) is 19.4 Å². The summed E-state index contributed by atoms with van der Waals surface area (Å²) in [6.45, 7) is 5.76. The van der Waals surface area contributed by atoms with Crippen LogP contribution in [0.4, 0.5) is 0 Å². The van der Waals surface area contributed by atoms with Crippen LogP contribution in [0.3, 0.4) is 0 Å². The largest absolute Gasteiger partial charge is 0.347 e. The molecular formula is C20H23N4O4P. The molecule has 3 aromatic rings. The minimum atomic E-state index is -2.15. The molecule has 0 aliphatic heterocycles. The number of benzene rings is 1. The number of hydrogen-bond acceptors (Lipinski definition) is 6. The number of carbonyl (C=O) groups is 1. The Morgan fingerprint density at radius 2 is 1.79 bits per heavy atom. The van der Waals surface area contributed by atoms with Crippen molar-refractivity contribution in [1.29, 1.82) is 0 Å². The van der Waals surface area contributed by atoms with Gasteiger partial charge in [-0.3, -0.25) is 14.6 Å². The zero-order valence-corrected chi connectivity index (χ0v) is 17.2. The fourth-order valence-electron chi connectivity index (χ4n) is 2.44. The molecule has 0 saturated heterocycles. The molecule has 1 aromatic carbocycles. The van der Waals surface area contributed by atoms with Crippen LogP contribution in [0.15, 0.2) is 59.7 Å². The zero-order valence-electron chi connectivity index (χ0n) is 16.3. The summed E-state index contributed by atoms with van der Waals surface area (Å²) in [4.78, 5) is 53.8. The van der Waals surface area contributed by atoms with E-state index in [1.807, 2.05) is 13.8 Å². The first-order valence-electron chi connectivity index (χ1n) is 9.05. The summed E-state index contributed by atoms with van der Waals surface area (Å²) in [5.74, 6) is -0.273. The number of amides is 1. The van der Waals surface area contributed by atoms with Gasteiger partial charge < -0.3 is 20.1 Å². The highest BCUT2D eigenvalue weighted by Crippen LogP contribution is 2.23. The Hall–Kier alpha value is -2.93. The molecule has 152 valence electrons. The van der Waals surface area contributed by atoms with E-state index in [0.29, 0.717) is 11.0 Å². The highest BCUT2D eigenvalue weighted by molar-refractivity contribution is 7.54. The smallest absolute Gasteiger partial charge is 0.264 e. The van der Waals surface area contributed by atoms with Gasteiger partial charge in [0.1, 0.15) is 11.3 Å². The molecule has 29 heavy (non-hydrogen) atoms. The molecule has 3 rings (SSSR count). The fourth-order valence-corrected chi connectivity index (χ4v) is 2.86. The highest BCUT2D eigenvalue weighted by atomic mass is 31.2. The van der Waals surface area contributed by atoms with Gasteiger partial charge in [-0.05, 0) is 36.8 Å². The molecule has 1 unspecified atom stereocenters. The fraction of sp³-hybridized carbons (Fsp3) is 0.200. The molecule has 0 aliphatic rings. The zero-order chi connectivity index (χ0) is 21.4.